The van der Waals surface area contributed by atoms with Crippen molar-refractivity contribution in [3.05, 3.63) is 45.2 Å². The molecule has 0 bridgehead atoms. The third kappa shape index (κ3) is 3.04. The van der Waals surface area contributed by atoms with Crippen LogP contribution < -0.4 is 5.32 Å². The van der Waals surface area contributed by atoms with Crippen molar-refractivity contribution in [1.82, 2.24) is 5.32 Å². The summed E-state index contributed by atoms with van der Waals surface area (Å²) in [4.78, 5) is 1.99. The lowest BCUT2D eigenvalue weighted by molar-refractivity contribution is 0.581. The second kappa shape index (κ2) is 5.31. The van der Waals surface area contributed by atoms with Gasteiger partial charge in [-0.05, 0) is 47.0 Å². The number of thiophene rings is 1. The van der Waals surface area contributed by atoms with Gasteiger partial charge in [0.05, 0.1) is 4.47 Å². The third-order valence-corrected chi connectivity index (χ3v) is 4.81. The molecule has 1 aromatic heterocycles. The van der Waals surface area contributed by atoms with E-state index in [0.29, 0.717) is 11.6 Å². The average molecular weight is 344 g/mol. The molecule has 100 valence electrons. The molecular weight excluding hydrogens is 332 g/mol. The molecule has 2 aromatic rings. The standard InChI is InChI=1S/C14H12BrF2NS/c15-11-5-10(12(16)6-13(11)17)14-4-3-9(19-14)7-18-8-1-2-8/h3-6,8,18H,1-2,7H2. The Morgan fingerprint density at radius 1 is 1.21 bits per heavy atom. The molecule has 1 N–H and O–H groups in total. The largest absolute Gasteiger partial charge is 0.309 e. The predicted octanol–water partition coefficient (Wildman–Crippen LogP) is 4.71. The highest BCUT2D eigenvalue weighted by atomic mass is 79.9. The van der Waals surface area contributed by atoms with Crippen molar-refractivity contribution in [3.8, 4) is 10.4 Å². The van der Waals surface area contributed by atoms with Crippen molar-refractivity contribution >= 4 is 27.3 Å². The lowest BCUT2D eigenvalue weighted by Gasteiger charge is -2.02. The van der Waals surface area contributed by atoms with E-state index in [1.807, 2.05) is 12.1 Å². The maximum absolute atomic E-state index is 13.8. The highest BCUT2D eigenvalue weighted by Crippen LogP contribution is 2.33. The van der Waals surface area contributed by atoms with Crippen LogP contribution in [0.25, 0.3) is 10.4 Å². The van der Waals surface area contributed by atoms with Crippen LogP contribution in [-0.2, 0) is 6.54 Å². The number of nitrogens with one attached hydrogen (secondary N) is 1. The Bertz CT molecular complexity index is 607. The maximum atomic E-state index is 13.8. The van der Waals surface area contributed by atoms with E-state index in [2.05, 4.69) is 21.2 Å². The fraction of sp³-hybridized carbons (Fsp3) is 0.286. The van der Waals surface area contributed by atoms with Gasteiger partial charge < -0.3 is 5.32 Å². The maximum Gasteiger partial charge on any atom is 0.140 e. The zero-order chi connectivity index (χ0) is 13.4. The first-order valence-electron chi connectivity index (χ1n) is 6.10. The van der Waals surface area contributed by atoms with Crippen molar-refractivity contribution in [3.63, 3.8) is 0 Å². The van der Waals surface area contributed by atoms with E-state index in [1.54, 1.807) is 0 Å². The summed E-state index contributed by atoms with van der Waals surface area (Å²) >= 11 is 4.63. The van der Waals surface area contributed by atoms with Crippen molar-refractivity contribution < 1.29 is 8.78 Å². The average Bonchev–Trinajstić information content (AvgIpc) is 3.09. The van der Waals surface area contributed by atoms with Crippen LogP contribution in [0.5, 0.6) is 0 Å². The topological polar surface area (TPSA) is 12.0 Å². The summed E-state index contributed by atoms with van der Waals surface area (Å²) in [5.41, 5.74) is 0.441. The van der Waals surface area contributed by atoms with Crippen LogP contribution in [0.2, 0.25) is 0 Å². The van der Waals surface area contributed by atoms with E-state index >= 15 is 0 Å². The van der Waals surface area contributed by atoms with E-state index < -0.39 is 11.6 Å². The Kier molecular flexibility index (Phi) is 3.69. The van der Waals surface area contributed by atoms with Gasteiger partial charge in [-0.15, -0.1) is 11.3 Å². The second-order valence-electron chi connectivity index (χ2n) is 4.67. The second-order valence-corrected chi connectivity index (χ2v) is 6.69. The first-order chi connectivity index (χ1) is 9.13. The molecule has 5 heteroatoms. The molecular formula is C14H12BrF2NS. The fourth-order valence-electron chi connectivity index (χ4n) is 1.86. The van der Waals surface area contributed by atoms with E-state index in [0.717, 1.165) is 17.5 Å². The molecule has 1 heterocycles. The van der Waals surface area contributed by atoms with Gasteiger partial charge in [-0.25, -0.2) is 8.78 Å². The minimum absolute atomic E-state index is 0.287. The number of hydrogen-bond acceptors (Lipinski definition) is 2. The highest BCUT2D eigenvalue weighted by molar-refractivity contribution is 9.10. The van der Waals surface area contributed by atoms with Gasteiger partial charge in [0.15, 0.2) is 0 Å². The van der Waals surface area contributed by atoms with E-state index in [-0.39, 0.29) is 4.47 Å². The van der Waals surface area contributed by atoms with Crippen molar-refractivity contribution in [1.29, 1.82) is 0 Å². The molecule has 1 nitrogen and oxygen atoms in total. The molecule has 0 amide bonds. The molecule has 19 heavy (non-hydrogen) atoms. The minimum Gasteiger partial charge on any atom is -0.309 e. The monoisotopic (exact) mass is 343 g/mol. The van der Waals surface area contributed by atoms with Crippen molar-refractivity contribution in [2.45, 2.75) is 25.4 Å². The Balaban J connectivity index is 1.83. The van der Waals surface area contributed by atoms with Crippen molar-refractivity contribution in [2.24, 2.45) is 0 Å². The van der Waals surface area contributed by atoms with Gasteiger partial charge in [0.2, 0.25) is 0 Å². The highest BCUT2D eigenvalue weighted by Gasteiger charge is 2.20. The van der Waals surface area contributed by atoms with Crippen LogP contribution in [0.1, 0.15) is 17.7 Å². The van der Waals surface area contributed by atoms with Gasteiger partial charge >= 0.3 is 0 Å². The predicted molar refractivity (Wildman–Crippen MR) is 77.2 cm³/mol. The Morgan fingerprint density at radius 3 is 2.74 bits per heavy atom. The van der Waals surface area contributed by atoms with Crippen LogP contribution in [-0.4, -0.2) is 6.04 Å². The van der Waals surface area contributed by atoms with E-state index in [1.165, 1.54) is 35.1 Å². The first kappa shape index (κ1) is 13.2. The number of halogens is 3. The zero-order valence-electron chi connectivity index (χ0n) is 10.1. The van der Waals surface area contributed by atoms with Gasteiger partial charge in [-0.2, -0.15) is 0 Å². The summed E-state index contributed by atoms with van der Waals surface area (Å²) in [6.07, 6.45) is 2.50. The molecule has 0 atom stereocenters. The minimum atomic E-state index is -0.576. The Morgan fingerprint density at radius 2 is 2.00 bits per heavy atom. The molecule has 1 aliphatic rings. The van der Waals surface area contributed by atoms with Gasteiger partial charge in [0, 0.05) is 34.0 Å². The smallest absolute Gasteiger partial charge is 0.140 e. The lowest BCUT2D eigenvalue weighted by atomic mass is 10.2. The summed E-state index contributed by atoms with van der Waals surface area (Å²) in [6, 6.07) is 6.95. The van der Waals surface area contributed by atoms with Crippen LogP contribution in [0.3, 0.4) is 0 Å². The molecule has 3 rings (SSSR count). The molecule has 1 saturated carbocycles. The van der Waals surface area contributed by atoms with Crippen LogP contribution >= 0.6 is 27.3 Å². The molecule has 1 fully saturated rings. The van der Waals surface area contributed by atoms with Gasteiger partial charge in [-0.3, -0.25) is 0 Å². The molecule has 1 aliphatic carbocycles. The molecule has 1 aromatic carbocycles. The molecule has 0 spiro atoms. The Labute approximate surface area is 122 Å². The SMILES string of the molecule is Fc1cc(F)c(-c2ccc(CNC3CC3)s2)cc1Br. The summed E-state index contributed by atoms with van der Waals surface area (Å²) in [6.45, 7) is 0.819. The summed E-state index contributed by atoms with van der Waals surface area (Å²) in [5, 5.41) is 3.42. The van der Waals surface area contributed by atoms with Crippen LogP contribution in [0.4, 0.5) is 8.78 Å². The quantitative estimate of drug-likeness (QED) is 0.793. The molecule has 0 radical (unpaired) electrons. The molecule has 0 unspecified atom stereocenters. The number of hydrogen-bond donors (Lipinski definition) is 1. The number of rotatable bonds is 4. The summed E-state index contributed by atoms with van der Waals surface area (Å²) in [7, 11) is 0. The first-order valence-corrected chi connectivity index (χ1v) is 7.71. The number of benzene rings is 1. The Hall–Kier alpha value is -0.780. The van der Waals surface area contributed by atoms with Gasteiger partial charge in [0.1, 0.15) is 11.6 Å². The van der Waals surface area contributed by atoms with Crippen LogP contribution in [0, 0.1) is 11.6 Å². The normalized spacial score (nSPS) is 14.9. The van der Waals surface area contributed by atoms with Crippen molar-refractivity contribution in [2.75, 3.05) is 0 Å². The zero-order valence-corrected chi connectivity index (χ0v) is 12.5. The molecule has 0 aliphatic heterocycles. The lowest BCUT2D eigenvalue weighted by Crippen LogP contribution is -2.14. The molecule has 0 saturated heterocycles. The van der Waals surface area contributed by atoms with E-state index in [4.69, 9.17) is 0 Å². The fourth-order valence-corrected chi connectivity index (χ4v) is 3.18. The van der Waals surface area contributed by atoms with Gasteiger partial charge in [0.25, 0.3) is 0 Å². The van der Waals surface area contributed by atoms with E-state index in [9.17, 15) is 8.78 Å². The summed E-state index contributed by atoms with van der Waals surface area (Å²) in [5.74, 6) is -1.10. The summed E-state index contributed by atoms with van der Waals surface area (Å²) < 4.78 is 27.3. The third-order valence-electron chi connectivity index (χ3n) is 3.08. The van der Waals surface area contributed by atoms with Gasteiger partial charge in [-0.1, -0.05) is 0 Å². The van der Waals surface area contributed by atoms with Crippen LogP contribution in [0.15, 0.2) is 28.7 Å².